The summed E-state index contributed by atoms with van der Waals surface area (Å²) in [5.74, 6) is -0.436. The summed E-state index contributed by atoms with van der Waals surface area (Å²) in [6.07, 6.45) is 0. The summed E-state index contributed by atoms with van der Waals surface area (Å²) in [7, 11) is 4.91. The minimum Gasteiger partial charge on any atom is -0.460 e. The van der Waals surface area contributed by atoms with Crippen LogP contribution in [0.3, 0.4) is 0 Å². The highest BCUT2D eigenvalue weighted by atomic mass is 16.6. The average Bonchev–Trinajstić information content (AvgIpc) is 2.68. The monoisotopic (exact) mass is 368 g/mol. The number of likely N-dealkylation sites (N-methyl/N-ethyl adjacent to an activating group) is 1. The van der Waals surface area contributed by atoms with Gasteiger partial charge in [-0.25, -0.2) is 9.59 Å². The molecular weight excluding hydrogens is 344 g/mol. The molecule has 1 atom stereocenters. The molecule has 1 heterocycles. The van der Waals surface area contributed by atoms with Gasteiger partial charge in [-0.3, -0.25) is 0 Å². The van der Waals surface area contributed by atoms with E-state index in [4.69, 9.17) is 9.47 Å². The van der Waals surface area contributed by atoms with Gasteiger partial charge in [-0.05, 0) is 29.3 Å². The molecule has 0 spiro atoms. The predicted molar refractivity (Wildman–Crippen MR) is 103 cm³/mol. The van der Waals surface area contributed by atoms with Crippen LogP contribution in [0.4, 0.5) is 4.79 Å². The van der Waals surface area contributed by atoms with E-state index in [0.29, 0.717) is 17.9 Å². The molecular formula is C21H24N2O4. The van der Waals surface area contributed by atoms with Crippen LogP contribution in [-0.2, 0) is 14.3 Å². The molecule has 0 aliphatic carbocycles. The number of esters is 1. The topological polar surface area (TPSA) is 59.1 Å². The standard InChI is InChI=1S/C21H24N2O4/c1-14-18(20(24)27-12-11-26-4)19(23(3)21(25)22(14)2)17-10-9-15-7-5-6-8-16(15)13-17/h5-10,13,19H,11-12H2,1-4H3/t19-/m0/s1. The van der Waals surface area contributed by atoms with Crippen molar-refractivity contribution in [3.8, 4) is 0 Å². The van der Waals surface area contributed by atoms with Crippen LogP contribution < -0.4 is 0 Å². The van der Waals surface area contributed by atoms with E-state index in [1.165, 1.54) is 4.90 Å². The van der Waals surface area contributed by atoms with Gasteiger partial charge in [0.15, 0.2) is 0 Å². The Labute approximate surface area is 159 Å². The van der Waals surface area contributed by atoms with Gasteiger partial charge in [0.1, 0.15) is 6.61 Å². The summed E-state index contributed by atoms with van der Waals surface area (Å²) in [6, 6.07) is 13.3. The first-order chi connectivity index (χ1) is 13.0. The Hall–Kier alpha value is -2.86. The molecule has 2 aromatic rings. The summed E-state index contributed by atoms with van der Waals surface area (Å²) in [5, 5.41) is 2.16. The SMILES string of the molecule is COCCOC(=O)C1=C(C)N(C)C(=O)N(C)[C@H]1c1ccc2ccccc2c1. The van der Waals surface area contributed by atoms with Crippen molar-refractivity contribution in [1.82, 2.24) is 9.80 Å². The fraction of sp³-hybridized carbons (Fsp3) is 0.333. The molecule has 0 unspecified atom stereocenters. The van der Waals surface area contributed by atoms with Crippen LogP contribution in [0.1, 0.15) is 18.5 Å². The number of hydrogen-bond donors (Lipinski definition) is 0. The second kappa shape index (κ2) is 7.80. The molecule has 2 amide bonds. The Morgan fingerprint density at radius 1 is 1.07 bits per heavy atom. The van der Waals surface area contributed by atoms with E-state index in [-0.39, 0.29) is 12.6 Å². The minimum atomic E-state index is -0.506. The second-order valence-electron chi connectivity index (χ2n) is 6.59. The van der Waals surface area contributed by atoms with Crippen molar-refractivity contribution in [2.24, 2.45) is 0 Å². The van der Waals surface area contributed by atoms with Gasteiger partial charge in [-0.2, -0.15) is 0 Å². The molecule has 0 radical (unpaired) electrons. The van der Waals surface area contributed by atoms with Gasteiger partial charge in [-0.1, -0.05) is 36.4 Å². The van der Waals surface area contributed by atoms with Crippen LogP contribution in [0.5, 0.6) is 0 Å². The number of allylic oxidation sites excluding steroid dienone is 1. The lowest BCUT2D eigenvalue weighted by Gasteiger charge is -2.39. The number of methoxy groups -OCH3 is 1. The number of fused-ring (bicyclic) bond motifs is 1. The van der Waals surface area contributed by atoms with Crippen LogP contribution >= 0.6 is 0 Å². The minimum absolute atomic E-state index is 0.165. The van der Waals surface area contributed by atoms with E-state index in [1.54, 1.807) is 33.0 Å². The van der Waals surface area contributed by atoms with Gasteiger partial charge in [-0.15, -0.1) is 0 Å². The number of hydrogen-bond acceptors (Lipinski definition) is 4. The highest BCUT2D eigenvalue weighted by Gasteiger charge is 2.39. The molecule has 6 nitrogen and oxygen atoms in total. The molecule has 0 saturated carbocycles. The number of nitrogens with zero attached hydrogens (tertiary/aromatic N) is 2. The zero-order valence-corrected chi connectivity index (χ0v) is 16.1. The average molecular weight is 368 g/mol. The maximum Gasteiger partial charge on any atom is 0.338 e. The number of carbonyl (C=O) groups is 2. The maximum absolute atomic E-state index is 12.8. The summed E-state index contributed by atoms with van der Waals surface area (Å²) < 4.78 is 10.3. The molecule has 27 heavy (non-hydrogen) atoms. The number of amides is 2. The Balaban J connectivity index is 2.07. The van der Waals surface area contributed by atoms with Crippen LogP contribution in [0, 0.1) is 0 Å². The van der Waals surface area contributed by atoms with Crippen molar-refractivity contribution < 1.29 is 19.1 Å². The van der Waals surface area contributed by atoms with Gasteiger partial charge < -0.3 is 19.3 Å². The largest absolute Gasteiger partial charge is 0.460 e. The fourth-order valence-electron chi connectivity index (χ4n) is 3.39. The highest BCUT2D eigenvalue weighted by Crippen LogP contribution is 2.37. The van der Waals surface area contributed by atoms with E-state index < -0.39 is 12.0 Å². The third-order valence-corrected chi connectivity index (χ3v) is 4.97. The normalized spacial score (nSPS) is 17.6. The first-order valence-electron chi connectivity index (χ1n) is 8.81. The second-order valence-corrected chi connectivity index (χ2v) is 6.59. The first-order valence-corrected chi connectivity index (χ1v) is 8.81. The van der Waals surface area contributed by atoms with E-state index in [0.717, 1.165) is 16.3 Å². The number of rotatable bonds is 5. The van der Waals surface area contributed by atoms with Crippen LogP contribution in [0.15, 0.2) is 53.7 Å². The van der Waals surface area contributed by atoms with Gasteiger partial charge >= 0.3 is 12.0 Å². The zero-order chi connectivity index (χ0) is 19.6. The summed E-state index contributed by atoms with van der Waals surface area (Å²) in [5.41, 5.74) is 1.93. The Morgan fingerprint density at radius 2 is 1.78 bits per heavy atom. The number of ether oxygens (including phenoxy) is 2. The van der Waals surface area contributed by atoms with Crippen molar-refractivity contribution in [3.63, 3.8) is 0 Å². The van der Waals surface area contributed by atoms with Crippen molar-refractivity contribution in [3.05, 3.63) is 59.3 Å². The molecule has 0 fully saturated rings. The Bertz CT molecular complexity index is 906. The number of urea groups is 1. The van der Waals surface area contributed by atoms with E-state index in [2.05, 4.69) is 0 Å². The lowest BCUT2D eigenvalue weighted by molar-refractivity contribution is -0.141. The van der Waals surface area contributed by atoms with Gasteiger partial charge in [0.05, 0.1) is 18.2 Å². The molecule has 1 aliphatic heterocycles. The van der Waals surface area contributed by atoms with Crippen molar-refractivity contribution in [2.75, 3.05) is 34.4 Å². The number of carbonyl (C=O) groups excluding carboxylic acids is 2. The van der Waals surface area contributed by atoms with E-state index in [9.17, 15) is 9.59 Å². The first kappa shape index (κ1) is 18.9. The van der Waals surface area contributed by atoms with E-state index in [1.807, 2.05) is 42.5 Å². The maximum atomic E-state index is 12.8. The molecule has 0 bridgehead atoms. The van der Waals surface area contributed by atoms with Crippen molar-refractivity contribution in [1.29, 1.82) is 0 Å². The molecule has 3 rings (SSSR count). The smallest absolute Gasteiger partial charge is 0.338 e. The van der Waals surface area contributed by atoms with Crippen molar-refractivity contribution >= 4 is 22.8 Å². The molecule has 6 heteroatoms. The quantitative estimate of drug-likeness (QED) is 0.600. The van der Waals surface area contributed by atoms with Crippen LogP contribution in [0.25, 0.3) is 10.8 Å². The third kappa shape index (κ3) is 3.53. The Morgan fingerprint density at radius 3 is 2.48 bits per heavy atom. The van der Waals surface area contributed by atoms with Crippen LogP contribution in [0.2, 0.25) is 0 Å². The zero-order valence-electron chi connectivity index (χ0n) is 16.1. The molecule has 0 saturated heterocycles. The molecule has 1 aliphatic rings. The highest BCUT2D eigenvalue weighted by molar-refractivity contribution is 5.95. The van der Waals surface area contributed by atoms with Crippen molar-refractivity contribution in [2.45, 2.75) is 13.0 Å². The predicted octanol–water partition coefficient (Wildman–Crippen LogP) is 3.34. The lowest BCUT2D eigenvalue weighted by Crippen LogP contribution is -2.47. The Kier molecular flexibility index (Phi) is 5.46. The molecule has 142 valence electrons. The summed E-state index contributed by atoms with van der Waals surface area (Å²) >= 11 is 0. The summed E-state index contributed by atoms with van der Waals surface area (Å²) in [6.45, 7) is 2.26. The molecule has 0 N–H and O–H groups in total. The van der Waals surface area contributed by atoms with E-state index >= 15 is 0 Å². The van der Waals surface area contributed by atoms with Gasteiger partial charge in [0.2, 0.25) is 0 Å². The third-order valence-electron chi connectivity index (χ3n) is 4.97. The lowest BCUT2D eigenvalue weighted by atomic mass is 9.92. The molecule has 0 aromatic heterocycles. The van der Waals surface area contributed by atoms with Gasteiger partial charge in [0, 0.05) is 26.9 Å². The molecule has 2 aromatic carbocycles. The van der Waals surface area contributed by atoms with Gasteiger partial charge in [0.25, 0.3) is 0 Å². The number of benzene rings is 2. The summed E-state index contributed by atoms with van der Waals surface area (Å²) in [4.78, 5) is 28.5. The van der Waals surface area contributed by atoms with Crippen LogP contribution in [-0.4, -0.2) is 56.2 Å². The fourth-order valence-corrected chi connectivity index (χ4v) is 3.39.